The van der Waals surface area contributed by atoms with Crippen LogP contribution in [0.1, 0.15) is 79.6 Å². The van der Waals surface area contributed by atoms with Gasteiger partial charge in [0.2, 0.25) is 0 Å². The molecule has 1 nitrogen and oxygen atoms in total. The first-order valence-electron chi connectivity index (χ1n) is 6.97. The van der Waals surface area contributed by atoms with Gasteiger partial charge in [-0.3, -0.25) is 0 Å². The minimum absolute atomic E-state index is 0.298. The van der Waals surface area contributed by atoms with E-state index in [1.165, 1.54) is 32.1 Å². The van der Waals surface area contributed by atoms with Gasteiger partial charge in [-0.15, -0.1) is 0 Å². The maximum atomic E-state index is 10.5. The molecule has 1 aliphatic rings. The highest BCUT2D eigenvalue weighted by Gasteiger charge is 2.47. The molecule has 96 valence electrons. The highest BCUT2D eigenvalue weighted by molar-refractivity contribution is 4.98. The van der Waals surface area contributed by atoms with E-state index < -0.39 is 5.60 Å². The summed E-state index contributed by atoms with van der Waals surface area (Å²) < 4.78 is 0. The quantitative estimate of drug-likeness (QED) is 0.746. The van der Waals surface area contributed by atoms with E-state index in [2.05, 4.69) is 27.7 Å². The van der Waals surface area contributed by atoms with Gasteiger partial charge >= 0.3 is 0 Å². The first kappa shape index (κ1) is 14.0. The number of hydrogen-bond donors (Lipinski definition) is 1. The molecule has 1 heteroatoms. The van der Waals surface area contributed by atoms with Gasteiger partial charge in [-0.05, 0) is 49.9 Å². The lowest BCUT2D eigenvalue weighted by atomic mass is 9.56. The number of aliphatic hydroxyl groups is 1. The second-order valence-corrected chi connectivity index (χ2v) is 7.19. The van der Waals surface area contributed by atoms with Gasteiger partial charge in [-0.2, -0.15) is 0 Å². The lowest BCUT2D eigenvalue weighted by molar-refractivity contribution is -0.0911. The summed E-state index contributed by atoms with van der Waals surface area (Å²) in [5.41, 5.74) is 0.243. The maximum absolute atomic E-state index is 10.5. The standard InChI is InChI=1S/C15H30O/c1-6-8-15(9-7-2)11-13(3,4)10-14(5,16)12-15/h16H,6-12H2,1-5H3. The molecule has 0 bridgehead atoms. The van der Waals surface area contributed by atoms with E-state index in [4.69, 9.17) is 0 Å². The number of hydrogen-bond acceptors (Lipinski definition) is 1. The van der Waals surface area contributed by atoms with Crippen molar-refractivity contribution in [3.8, 4) is 0 Å². The fourth-order valence-corrected chi connectivity index (χ4v) is 4.58. The van der Waals surface area contributed by atoms with Crippen LogP contribution in [0.4, 0.5) is 0 Å². The van der Waals surface area contributed by atoms with Crippen LogP contribution in [-0.4, -0.2) is 10.7 Å². The zero-order chi connectivity index (χ0) is 12.4. The predicted octanol–water partition coefficient (Wildman–Crippen LogP) is 4.53. The third-order valence-electron chi connectivity index (χ3n) is 4.03. The van der Waals surface area contributed by atoms with Crippen molar-refractivity contribution < 1.29 is 5.11 Å². The molecule has 0 spiro atoms. The van der Waals surface area contributed by atoms with Crippen molar-refractivity contribution in [3.63, 3.8) is 0 Å². The summed E-state index contributed by atoms with van der Waals surface area (Å²) in [5.74, 6) is 0. The molecule has 1 saturated carbocycles. The topological polar surface area (TPSA) is 20.2 Å². The number of rotatable bonds is 4. The molecule has 1 rings (SSSR count). The Kier molecular flexibility index (Phi) is 4.10. The van der Waals surface area contributed by atoms with Crippen LogP contribution in [-0.2, 0) is 0 Å². The Bertz CT molecular complexity index is 204. The van der Waals surface area contributed by atoms with Gasteiger partial charge < -0.3 is 5.11 Å². The first-order valence-corrected chi connectivity index (χ1v) is 6.97. The van der Waals surface area contributed by atoms with E-state index in [1.807, 2.05) is 6.92 Å². The van der Waals surface area contributed by atoms with Crippen LogP contribution in [0, 0.1) is 10.8 Å². The Morgan fingerprint density at radius 1 is 0.875 bits per heavy atom. The fourth-order valence-electron chi connectivity index (χ4n) is 4.58. The summed E-state index contributed by atoms with van der Waals surface area (Å²) in [6, 6.07) is 0. The van der Waals surface area contributed by atoms with Gasteiger partial charge in [-0.1, -0.05) is 40.5 Å². The van der Waals surface area contributed by atoms with Crippen LogP contribution in [0.5, 0.6) is 0 Å². The van der Waals surface area contributed by atoms with Crippen LogP contribution in [0.3, 0.4) is 0 Å². The zero-order valence-electron chi connectivity index (χ0n) is 11.9. The molecule has 0 radical (unpaired) electrons. The lowest BCUT2D eigenvalue weighted by Gasteiger charge is -2.51. The van der Waals surface area contributed by atoms with E-state index in [-0.39, 0.29) is 0 Å². The SMILES string of the molecule is CCCC1(CCC)CC(C)(C)CC(C)(O)C1. The predicted molar refractivity (Wildman–Crippen MR) is 70.5 cm³/mol. The molecular formula is C15H30O. The monoisotopic (exact) mass is 226 g/mol. The summed E-state index contributed by atoms with van der Waals surface area (Å²) in [7, 11) is 0. The Labute approximate surface area is 102 Å². The Balaban J connectivity index is 2.90. The van der Waals surface area contributed by atoms with E-state index in [0.717, 1.165) is 12.8 Å². The van der Waals surface area contributed by atoms with E-state index in [1.54, 1.807) is 0 Å². The molecule has 1 unspecified atom stereocenters. The van der Waals surface area contributed by atoms with Crippen molar-refractivity contribution in [2.75, 3.05) is 0 Å². The van der Waals surface area contributed by atoms with E-state index in [0.29, 0.717) is 10.8 Å². The molecule has 0 amide bonds. The lowest BCUT2D eigenvalue weighted by Crippen LogP contribution is -2.46. The van der Waals surface area contributed by atoms with Gasteiger partial charge in [0.05, 0.1) is 5.60 Å². The summed E-state index contributed by atoms with van der Waals surface area (Å²) in [5, 5.41) is 10.5. The molecular weight excluding hydrogens is 196 g/mol. The smallest absolute Gasteiger partial charge is 0.0630 e. The second-order valence-electron chi connectivity index (χ2n) is 7.19. The fraction of sp³-hybridized carbons (Fsp3) is 1.00. The third-order valence-corrected chi connectivity index (χ3v) is 4.03. The van der Waals surface area contributed by atoms with Crippen molar-refractivity contribution in [2.24, 2.45) is 10.8 Å². The minimum atomic E-state index is -0.452. The molecule has 0 aromatic rings. The van der Waals surface area contributed by atoms with Gasteiger partial charge in [0.15, 0.2) is 0 Å². The van der Waals surface area contributed by atoms with Crippen LogP contribution >= 0.6 is 0 Å². The molecule has 0 heterocycles. The second kappa shape index (κ2) is 4.68. The van der Waals surface area contributed by atoms with E-state index in [9.17, 15) is 5.11 Å². The maximum Gasteiger partial charge on any atom is 0.0630 e. The summed E-state index contributed by atoms with van der Waals surface area (Å²) in [4.78, 5) is 0. The van der Waals surface area contributed by atoms with Crippen LogP contribution in [0.15, 0.2) is 0 Å². The van der Waals surface area contributed by atoms with Gasteiger partial charge in [0.25, 0.3) is 0 Å². The van der Waals surface area contributed by atoms with E-state index >= 15 is 0 Å². The highest BCUT2D eigenvalue weighted by atomic mass is 16.3. The summed E-state index contributed by atoms with van der Waals surface area (Å²) >= 11 is 0. The minimum Gasteiger partial charge on any atom is -0.390 e. The molecule has 0 aliphatic heterocycles. The largest absolute Gasteiger partial charge is 0.390 e. The Hall–Kier alpha value is -0.0400. The summed E-state index contributed by atoms with van der Waals surface area (Å²) in [6.07, 6.45) is 8.29. The zero-order valence-corrected chi connectivity index (χ0v) is 11.9. The van der Waals surface area contributed by atoms with Crippen LogP contribution in [0.2, 0.25) is 0 Å². The molecule has 0 aromatic carbocycles. The molecule has 16 heavy (non-hydrogen) atoms. The molecule has 0 saturated heterocycles. The van der Waals surface area contributed by atoms with Crippen molar-refractivity contribution >= 4 is 0 Å². The third kappa shape index (κ3) is 3.48. The van der Waals surface area contributed by atoms with Gasteiger partial charge in [-0.25, -0.2) is 0 Å². The van der Waals surface area contributed by atoms with Crippen molar-refractivity contribution in [3.05, 3.63) is 0 Å². The summed E-state index contributed by atoms with van der Waals surface area (Å²) in [6.45, 7) is 11.2. The van der Waals surface area contributed by atoms with Crippen LogP contribution in [0.25, 0.3) is 0 Å². The van der Waals surface area contributed by atoms with Gasteiger partial charge in [0.1, 0.15) is 0 Å². The molecule has 0 aromatic heterocycles. The molecule has 1 aliphatic carbocycles. The van der Waals surface area contributed by atoms with Crippen molar-refractivity contribution in [1.82, 2.24) is 0 Å². The van der Waals surface area contributed by atoms with Crippen LogP contribution < -0.4 is 0 Å². The molecule has 1 fully saturated rings. The highest BCUT2D eigenvalue weighted by Crippen LogP contribution is 2.54. The normalized spacial score (nSPS) is 32.6. The Morgan fingerprint density at radius 2 is 1.38 bits per heavy atom. The van der Waals surface area contributed by atoms with Crippen molar-refractivity contribution in [2.45, 2.75) is 85.2 Å². The molecule has 1 atom stereocenters. The van der Waals surface area contributed by atoms with Crippen molar-refractivity contribution in [1.29, 1.82) is 0 Å². The Morgan fingerprint density at radius 3 is 1.75 bits per heavy atom. The average molecular weight is 226 g/mol. The molecule has 1 N–H and O–H groups in total. The van der Waals surface area contributed by atoms with Gasteiger partial charge in [0, 0.05) is 0 Å². The first-order chi connectivity index (χ1) is 7.24. The average Bonchev–Trinajstić information content (AvgIpc) is 1.97.